The van der Waals surface area contributed by atoms with E-state index in [-0.39, 0.29) is 17.4 Å². The van der Waals surface area contributed by atoms with Gasteiger partial charge in [0.2, 0.25) is 5.13 Å². The first-order valence-corrected chi connectivity index (χ1v) is 10.0. The summed E-state index contributed by atoms with van der Waals surface area (Å²) >= 11 is 1.12. The second-order valence-corrected chi connectivity index (χ2v) is 7.72. The Morgan fingerprint density at radius 1 is 1.19 bits per heavy atom. The van der Waals surface area contributed by atoms with E-state index in [1.807, 2.05) is 0 Å². The minimum absolute atomic E-state index is 0.00995. The van der Waals surface area contributed by atoms with Gasteiger partial charge in [-0.15, -0.1) is 0 Å². The van der Waals surface area contributed by atoms with Crippen LogP contribution < -0.4 is 10.3 Å². The summed E-state index contributed by atoms with van der Waals surface area (Å²) < 4.78 is 47.8. The van der Waals surface area contributed by atoms with Crippen molar-refractivity contribution >= 4 is 27.3 Å². The average molecular weight is 446 g/mol. The van der Waals surface area contributed by atoms with Crippen LogP contribution in [-0.2, 0) is 12.7 Å². The Hall–Kier alpha value is -3.40. The van der Waals surface area contributed by atoms with Crippen LogP contribution in [0, 0.1) is 0 Å². The number of ether oxygens (including phenoxy) is 1. The van der Waals surface area contributed by atoms with E-state index in [1.165, 1.54) is 6.92 Å². The fraction of sp³-hybridized carbons (Fsp3) is 0.190. The number of nitrogens with one attached hydrogen (secondary N) is 1. The topological polar surface area (TPSA) is 72.3 Å². The van der Waals surface area contributed by atoms with Gasteiger partial charge in [0.25, 0.3) is 5.56 Å². The molecule has 0 aliphatic rings. The van der Waals surface area contributed by atoms with E-state index in [4.69, 9.17) is 4.74 Å². The maximum Gasteiger partial charge on any atom is 0.433 e. The van der Waals surface area contributed by atoms with Crippen LogP contribution in [0.15, 0.2) is 58.3 Å². The van der Waals surface area contributed by atoms with Crippen LogP contribution in [0.2, 0.25) is 0 Å². The Labute approximate surface area is 178 Å². The summed E-state index contributed by atoms with van der Waals surface area (Å²) in [5.41, 5.74) is -1.14. The summed E-state index contributed by atoms with van der Waals surface area (Å²) in [7, 11) is 1.54. The molecule has 6 nitrogen and oxygen atoms in total. The normalized spacial score (nSPS) is 12.5. The molecule has 0 atom stereocenters. The summed E-state index contributed by atoms with van der Waals surface area (Å²) in [5, 5.41) is 2.32. The predicted octanol–water partition coefficient (Wildman–Crippen LogP) is 4.81. The maximum atomic E-state index is 13.7. The summed E-state index contributed by atoms with van der Waals surface area (Å²) in [5.74, 6) is 0.660. The van der Waals surface area contributed by atoms with E-state index in [9.17, 15) is 18.0 Å². The molecule has 0 amide bonds. The molecule has 0 fully saturated rings. The van der Waals surface area contributed by atoms with Crippen molar-refractivity contribution in [3.63, 3.8) is 0 Å². The lowest BCUT2D eigenvalue weighted by Gasteiger charge is -2.06. The van der Waals surface area contributed by atoms with Crippen LogP contribution in [0.25, 0.3) is 15.3 Å². The zero-order valence-corrected chi connectivity index (χ0v) is 17.3. The van der Waals surface area contributed by atoms with Crippen molar-refractivity contribution in [2.24, 2.45) is 4.99 Å². The molecular weight excluding hydrogens is 429 g/mol. The van der Waals surface area contributed by atoms with E-state index in [0.717, 1.165) is 26.3 Å². The summed E-state index contributed by atoms with van der Waals surface area (Å²) in [6.07, 6.45) is -4.76. The van der Waals surface area contributed by atoms with Crippen molar-refractivity contribution in [1.29, 1.82) is 0 Å². The van der Waals surface area contributed by atoms with Crippen molar-refractivity contribution in [3.8, 4) is 10.9 Å². The fourth-order valence-electron chi connectivity index (χ4n) is 3.09. The van der Waals surface area contributed by atoms with Gasteiger partial charge in [-0.2, -0.15) is 17.9 Å². The number of benzene rings is 2. The molecule has 0 saturated heterocycles. The van der Waals surface area contributed by atoms with E-state index in [2.05, 4.69) is 15.1 Å². The third kappa shape index (κ3) is 4.11. The van der Waals surface area contributed by atoms with E-state index in [0.29, 0.717) is 11.3 Å². The lowest BCUT2D eigenvalue weighted by atomic mass is 10.1. The Balaban J connectivity index is 1.76. The highest BCUT2D eigenvalue weighted by Gasteiger charge is 2.39. The smallest absolute Gasteiger partial charge is 0.433 e. The Morgan fingerprint density at radius 2 is 1.90 bits per heavy atom. The third-order valence-corrected chi connectivity index (χ3v) is 5.69. The van der Waals surface area contributed by atoms with Crippen LogP contribution in [0.3, 0.4) is 0 Å². The molecule has 0 radical (unpaired) electrons. The minimum Gasteiger partial charge on any atom is -0.497 e. The lowest BCUT2D eigenvalue weighted by Crippen LogP contribution is -2.20. The molecule has 4 aromatic rings. The van der Waals surface area contributed by atoms with Crippen molar-refractivity contribution in [3.05, 3.63) is 75.7 Å². The highest BCUT2D eigenvalue weighted by atomic mass is 32.1. The Bertz CT molecular complexity index is 1280. The van der Waals surface area contributed by atoms with E-state index >= 15 is 0 Å². The van der Waals surface area contributed by atoms with Gasteiger partial charge >= 0.3 is 6.18 Å². The van der Waals surface area contributed by atoms with Gasteiger partial charge < -0.3 is 4.74 Å². The number of aromatic nitrogens is 3. The number of halogens is 3. The van der Waals surface area contributed by atoms with Crippen LogP contribution in [0.5, 0.6) is 5.75 Å². The molecule has 10 heteroatoms. The number of methoxy groups -OCH3 is 1. The van der Waals surface area contributed by atoms with Crippen LogP contribution >= 0.6 is 11.3 Å². The first-order valence-electron chi connectivity index (χ1n) is 9.20. The SMILES string of the molecule is COc1ccc(CN=C(C)c2c(C(F)(F)F)[nH]n(-c3nc4ccccc4s3)c2=O)cc1. The van der Waals surface area contributed by atoms with Gasteiger partial charge in [0.15, 0.2) is 5.69 Å². The summed E-state index contributed by atoms with van der Waals surface area (Å²) in [6, 6.07) is 14.1. The molecule has 0 aliphatic carbocycles. The number of fused-ring (bicyclic) bond motifs is 1. The largest absolute Gasteiger partial charge is 0.497 e. The molecule has 31 heavy (non-hydrogen) atoms. The molecule has 4 rings (SSSR count). The molecule has 2 aromatic heterocycles. The summed E-state index contributed by atoms with van der Waals surface area (Å²) in [6.45, 7) is 1.52. The minimum atomic E-state index is -4.76. The molecule has 0 unspecified atom stereocenters. The first-order chi connectivity index (χ1) is 14.8. The maximum absolute atomic E-state index is 13.7. The van der Waals surface area contributed by atoms with Crippen molar-refractivity contribution in [1.82, 2.24) is 14.8 Å². The van der Waals surface area contributed by atoms with Gasteiger partial charge in [-0.05, 0) is 36.8 Å². The average Bonchev–Trinajstić information content (AvgIpc) is 3.33. The zero-order chi connectivity index (χ0) is 22.2. The van der Waals surface area contributed by atoms with Gasteiger partial charge in [-0.3, -0.25) is 14.9 Å². The van der Waals surface area contributed by atoms with E-state index < -0.39 is 23.0 Å². The molecule has 2 heterocycles. The number of hydrogen-bond donors (Lipinski definition) is 1. The van der Waals surface area contributed by atoms with Gasteiger partial charge in [-0.1, -0.05) is 35.6 Å². The van der Waals surface area contributed by atoms with E-state index in [1.54, 1.807) is 55.6 Å². The van der Waals surface area contributed by atoms with Gasteiger partial charge in [0.05, 0.1) is 29.4 Å². The summed E-state index contributed by atoms with van der Waals surface area (Å²) in [4.78, 5) is 21.5. The number of thiazole rings is 1. The monoisotopic (exact) mass is 446 g/mol. The molecule has 0 aliphatic heterocycles. The second-order valence-electron chi connectivity index (χ2n) is 6.71. The number of aromatic amines is 1. The number of alkyl halides is 3. The molecule has 2 aromatic carbocycles. The van der Waals surface area contributed by atoms with Crippen LogP contribution in [-0.4, -0.2) is 27.6 Å². The quantitative estimate of drug-likeness (QED) is 0.447. The van der Waals surface area contributed by atoms with Gasteiger partial charge in [-0.25, -0.2) is 4.98 Å². The molecule has 0 spiro atoms. The number of nitrogens with zero attached hydrogens (tertiary/aromatic N) is 3. The number of para-hydroxylation sites is 1. The predicted molar refractivity (Wildman–Crippen MR) is 113 cm³/mol. The van der Waals surface area contributed by atoms with Crippen molar-refractivity contribution in [2.75, 3.05) is 7.11 Å². The molecule has 1 N–H and O–H groups in total. The zero-order valence-electron chi connectivity index (χ0n) is 16.5. The number of rotatable bonds is 5. The molecule has 160 valence electrons. The van der Waals surface area contributed by atoms with Crippen molar-refractivity contribution in [2.45, 2.75) is 19.6 Å². The molecule has 0 saturated carbocycles. The van der Waals surface area contributed by atoms with Crippen molar-refractivity contribution < 1.29 is 17.9 Å². The van der Waals surface area contributed by atoms with Gasteiger partial charge in [0.1, 0.15) is 5.75 Å². The molecule has 0 bridgehead atoms. The number of hydrogen-bond acceptors (Lipinski definition) is 5. The standard InChI is InChI=1S/C21H17F3N4O2S/c1-12(25-11-13-7-9-14(30-2)10-8-13)17-18(21(22,23)24)27-28(19(17)29)20-26-15-5-3-4-6-16(15)31-20/h3-10,27H,11H2,1-2H3. The number of aliphatic imine (C=N–C) groups is 1. The lowest BCUT2D eigenvalue weighted by molar-refractivity contribution is -0.141. The van der Waals surface area contributed by atoms with Crippen LogP contribution in [0.4, 0.5) is 13.2 Å². The Morgan fingerprint density at radius 3 is 2.55 bits per heavy atom. The molecular formula is C21H17F3N4O2S. The highest BCUT2D eigenvalue weighted by Crippen LogP contribution is 2.31. The highest BCUT2D eigenvalue weighted by molar-refractivity contribution is 7.20. The first kappa shape index (κ1) is 20.9. The number of H-pyrrole nitrogens is 1. The Kier molecular flexibility index (Phi) is 5.40. The third-order valence-electron chi connectivity index (χ3n) is 4.67. The fourth-order valence-corrected chi connectivity index (χ4v) is 4.01. The second kappa shape index (κ2) is 8.03. The van der Waals surface area contributed by atoms with Crippen LogP contribution in [0.1, 0.15) is 23.7 Å². The van der Waals surface area contributed by atoms with Gasteiger partial charge in [0, 0.05) is 5.71 Å².